The number of likely N-dealkylation sites (N-methyl/N-ethyl adjacent to an activating group) is 4. The molecule has 2 aliphatic heterocycles. The summed E-state index contributed by atoms with van der Waals surface area (Å²) in [5.74, 6) is 6.21. The molecular formula is C45H91BrN8O9S6. The number of rotatable bonds is 23. The Morgan fingerprint density at radius 2 is 0.913 bits per heavy atom. The Labute approximate surface area is 453 Å². The summed E-state index contributed by atoms with van der Waals surface area (Å²) < 4.78 is 0. The summed E-state index contributed by atoms with van der Waals surface area (Å²) in [6.07, 6.45) is 5.23. The van der Waals surface area contributed by atoms with Crippen LogP contribution in [-0.2, 0) is 33.6 Å². The number of alkyl halides is 1. The summed E-state index contributed by atoms with van der Waals surface area (Å²) in [4.78, 5) is 98.8. The highest BCUT2D eigenvalue weighted by molar-refractivity contribution is 9.09. The quantitative estimate of drug-likeness (QED) is 0.0283. The molecule has 2 rings (SSSR count). The van der Waals surface area contributed by atoms with Crippen LogP contribution in [0.25, 0.3) is 0 Å². The second kappa shape index (κ2) is 56.0. The number of thiol groups is 2. The lowest BCUT2D eigenvalue weighted by molar-refractivity contribution is -0.123. The monoisotopic (exact) mass is 1160 g/mol. The summed E-state index contributed by atoms with van der Waals surface area (Å²) in [7, 11) is 7.06. The fourth-order valence-corrected chi connectivity index (χ4v) is 7.64. The lowest BCUT2D eigenvalue weighted by Gasteiger charge is -2.11. The zero-order valence-electron chi connectivity index (χ0n) is 44.5. The van der Waals surface area contributed by atoms with Crippen LogP contribution in [0.3, 0.4) is 0 Å². The molecule has 0 aromatic rings. The standard InChI is InChI=1S/C9H18N2O2S2.C9H18N2O2S.C5H9BrO.2C5H11NOS.C4H7NOS.C4H7NO.C4H10/c1-7(12)8(10-2)6-15-5-4-11-9(13)14-3;1-7(12)9(10-3)6-14-5-4-11-8(2)13;1-5(7)3-2-4-6;2*1-4(7)5(3-8)6-2;1-7-4(6)5-2-3-5;1-4(6)5-2-3-5;1-4(2)3/h8,10H,4-6H2,1-3H3,(H,11,13);9-10H,4-6H2,1-3H3,(H,11,13);2-4H2,1H3;2*5-6,8H,3H2,1-2H3;2-3H2,1H3;2-3H2,1H3;4H,1-3H3. The molecule has 0 aromatic heterocycles. The smallest absolute Gasteiger partial charge is 0.281 e. The highest BCUT2D eigenvalue weighted by Crippen LogP contribution is 2.12. The van der Waals surface area contributed by atoms with Crippen molar-refractivity contribution in [3.8, 4) is 0 Å². The van der Waals surface area contributed by atoms with Gasteiger partial charge in [-0.05, 0) is 87.7 Å². The number of amides is 4. The summed E-state index contributed by atoms with van der Waals surface area (Å²) in [6, 6.07) is -0.291. The summed E-state index contributed by atoms with van der Waals surface area (Å²) in [5.41, 5.74) is 0. The number of thioether (sulfide) groups is 4. The van der Waals surface area contributed by atoms with E-state index in [1.807, 2.05) is 0 Å². The van der Waals surface area contributed by atoms with Crippen LogP contribution < -0.4 is 31.9 Å². The van der Waals surface area contributed by atoms with E-state index in [9.17, 15) is 43.2 Å². The Morgan fingerprint density at radius 1 is 0.565 bits per heavy atom. The van der Waals surface area contributed by atoms with Crippen molar-refractivity contribution >= 4 is 139 Å². The normalized spacial score (nSPS) is 12.9. The van der Waals surface area contributed by atoms with Crippen LogP contribution in [0.1, 0.15) is 82.1 Å². The Kier molecular flexibility index (Phi) is 64.1. The highest BCUT2D eigenvalue weighted by atomic mass is 79.9. The van der Waals surface area contributed by atoms with Gasteiger partial charge in [0.1, 0.15) is 28.9 Å². The average molecular weight is 1160 g/mol. The molecule has 408 valence electrons. The molecule has 24 heteroatoms. The number of carbonyl (C=O) groups is 9. The average Bonchev–Trinajstić information content (AvgIpc) is 4.21. The van der Waals surface area contributed by atoms with E-state index in [4.69, 9.17) is 0 Å². The molecule has 17 nitrogen and oxygen atoms in total. The predicted octanol–water partition coefficient (Wildman–Crippen LogP) is 5.23. The first kappa shape index (κ1) is 79.1. The lowest BCUT2D eigenvalue weighted by Crippen LogP contribution is -2.35. The van der Waals surface area contributed by atoms with Gasteiger partial charge in [-0.2, -0.15) is 48.8 Å². The van der Waals surface area contributed by atoms with Crippen molar-refractivity contribution in [1.82, 2.24) is 41.7 Å². The summed E-state index contributed by atoms with van der Waals surface area (Å²) >= 11 is 16.9. The zero-order chi connectivity index (χ0) is 54.9. The topological polar surface area (TPSA) is 232 Å². The number of halogens is 1. The van der Waals surface area contributed by atoms with Gasteiger partial charge in [0.2, 0.25) is 11.8 Å². The van der Waals surface area contributed by atoms with E-state index >= 15 is 0 Å². The van der Waals surface area contributed by atoms with E-state index in [0.717, 1.165) is 66.9 Å². The van der Waals surface area contributed by atoms with Crippen molar-refractivity contribution in [2.45, 2.75) is 106 Å². The highest BCUT2D eigenvalue weighted by Gasteiger charge is 2.22. The van der Waals surface area contributed by atoms with E-state index in [0.29, 0.717) is 31.0 Å². The van der Waals surface area contributed by atoms with Crippen LogP contribution >= 0.6 is 88.2 Å². The maximum Gasteiger partial charge on any atom is 0.281 e. The Bertz CT molecular complexity index is 1360. The number of hydrogen-bond donors (Lipinski definition) is 8. The van der Waals surface area contributed by atoms with Gasteiger partial charge in [-0.25, -0.2) is 0 Å². The third kappa shape index (κ3) is 66.7. The first-order valence-corrected chi connectivity index (χ1v) is 29.7. The Morgan fingerprint density at radius 3 is 1.07 bits per heavy atom. The molecule has 0 spiro atoms. The fraction of sp³-hybridized carbons (Fsp3) is 0.800. The van der Waals surface area contributed by atoms with E-state index in [1.165, 1.54) is 30.4 Å². The molecular weight excluding hydrogens is 1070 g/mol. The SMILES string of the molecule is CC(=O)CCCBr.CC(=O)N1CC1.CC(C)C.CNC(CS)C(C)=O.CNC(CS)C(C)=O.CNC(CSCCNC(=O)SC)C(C)=O.CNC(CSCCNC(C)=O)C(C)=O.CSC(=O)N1CC1. The van der Waals surface area contributed by atoms with Gasteiger partial charge in [-0.15, -0.1) is 0 Å². The van der Waals surface area contributed by atoms with E-state index < -0.39 is 0 Å². The number of nitrogens with one attached hydrogen (secondary N) is 6. The second-order valence-electron chi connectivity index (χ2n) is 15.4. The van der Waals surface area contributed by atoms with Gasteiger partial charge in [-0.3, -0.25) is 38.4 Å². The summed E-state index contributed by atoms with van der Waals surface area (Å²) in [6.45, 7) is 22.7. The van der Waals surface area contributed by atoms with E-state index in [-0.39, 0.29) is 75.4 Å². The van der Waals surface area contributed by atoms with Gasteiger partial charge < -0.3 is 46.5 Å². The Hall–Kier alpha value is -1.35. The molecule has 0 saturated carbocycles. The minimum absolute atomic E-state index is 0.00710. The van der Waals surface area contributed by atoms with Crippen molar-refractivity contribution in [2.24, 2.45) is 5.92 Å². The van der Waals surface area contributed by atoms with Crippen LogP contribution in [0, 0.1) is 5.92 Å². The molecule has 4 amide bonds. The molecule has 6 N–H and O–H groups in total. The number of nitrogens with zero attached hydrogens (tertiary/aromatic N) is 2. The van der Waals surface area contributed by atoms with Gasteiger partial charge in [0.05, 0.1) is 24.2 Å². The Balaban J connectivity index is -0.000000170. The van der Waals surface area contributed by atoms with Crippen molar-refractivity contribution in [3.63, 3.8) is 0 Å². The molecule has 69 heavy (non-hydrogen) atoms. The van der Waals surface area contributed by atoms with E-state index in [1.54, 1.807) is 116 Å². The largest absolute Gasteiger partial charge is 0.356 e. The predicted molar refractivity (Wildman–Crippen MR) is 309 cm³/mol. The third-order valence-electron chi connectivity index (χ3n) is 8.05. The fourth-order valence-electron chi connectivity index (χ4n) is 3.70. The number of carbonyl (C=O) groups excluding carboxylic acids is 9. The van der Waals surface area contributed by atoms with Gasteiger partial charge in [-0.1, -0.05) is 60.2 Å². The molecule has 2 heterocycles. The molecule has 4 unspecified atom stereocenters. The second-order valence-corrected chi connectivity index (χ2v) is 20.8. The van der Waals surface area contributed by atoms with Crippen molar-refractivity contribution in [3.05, 3.63) is 0 Å². The molecule has 0 aromatic carbocycles. The van der Waals surface area contributed by atoms with Gasteiger partial charge in [0.15, 0.2) is 0 Å². The molecule has 4 atom stereocenters. The molecule has 2 aliphatic rings. The van der Waals surface area contributed by atoms with Crippen LogP contribution in [0.5, 0.6) is 0 Å². The number of Topliss-reactive ketones (excluding diaryl/α,β-unsaturated/α-hetero) is 5. The van der Waals surface area contributed by atoms with Gasteiger partial charge in [0, 0.05) is 99.4 Å². The maximum absolute atomic E-state index is 11.0. The minimum Gasteiger partial charge on any atom is -0.356 e. The van der Waals surface area contributed by atoms with Crippen LogP contribution in [0.4, 0.5) is 9.59 Å². The number of ketones is 5. The third-order valence-corrected chi connectivity index (χ3v) is 12.6. The van der Waals surface area contributed by atoms with Gasteiger partial charge in [0.25, 0.3) is 10.5 Å². The first-order valence-electron chi connectivity index (χ1n) is 22.6. The van der Waals surface area contributed by atoms with Crippen molar-refractivity contribution in [2.75, 3.05) is 120 Å². The number of hydrogen-bond acceptors (Lipinski definition) is 19. The van der Waals surface area contributed by atoms with Gasteiger partial charge >= 0.3 is 0 Å². The molecule has 2 fully saturated rings. The lowest BCUT2D eigenvalue weighted by atomic mass is 10.2. The zero-order valence-corrected chi connectivity index (χ0v) is 51.1. The van der Waals surface area contributed by atoms with Crippen molar-refractivity contribution < 1.29 is 43.2 Å². The molecule has 2 saturated heterocycles. The van der Waals surface area contributed by atoms with Crippen molar-refractivity contribution in [1.29, 1.82) is 0 Å². The van der Waals surface area contributed by atoms with Crippen LogP contribution in [-0.4, -0.2) is 205 Å². The maximum atomic E-state index is 11.0. The van der Waals surface area contributed by atoms with Crippen LogP contribution in [0.2, 0.25) is 0 Å². The van der Waals surface area contributed by atoms with Crippen LogP contribution in [0.15, 0.2) is 0 Å². The first-order chi connectivity index (χ1) is 32.3. The summed E-state index contributed by atoms with van der Waals surface area (Å²) in [5, 5.41) is 18.1. The molecule has 0 aliphatic carbocycles. The molecule has 0 radical (unpaired) electrons. The van der Waals surface area contributed by atoms with E-state index in [2.05, 4.69) is 93.9 Å². The minimum atomic E-state index is -0.0775. The molecule has 0 bridgehead atoms.